The predicted octanol–water partition coefficient (Wildman–Crippen LogP) is 15.6. The normalized spacial score (nSPS) is 11.5. The molecular formula is C62H38N6O. The fourth-order valence-electron chi connectivity index (χ4n) is 9.44. The number of nitrogens with zero attached hydrogens (tertiary/aromatic N) is 6. The zero-order valence-electron chi connectivity index (χ0n) is 37.0. The zero-order chi connectivity index (χ0) is 45.7. The van der Waals surface area contributed by atoms with E-state index in [0.29, 0.717) is 34.9 Å². The van der Waals surface area contributed by atoms with E-state index < -0.39 is 0 Å². The largest absolute Gasteiger partial charge is 0.455 e. The summed E-state index contributed by atoms with van der Waals surface area (Å²) >= 11 is 0. The second kappa shape index (κ2) is 16.8. The maximum atomic E-state index is 7.53. The van der Waals surface area contributed by atoms with E-state index >= 15 is 0 Å². The molecule has 0 aliphatic rings. The molecule has 69 heavy (non-hydrogen) atoms. The van der Waals surface area contributed by atoms with E-state index in [1.807, 2.05) is 121 Å². The van der Waals surface area contributed by atoms with Gasteiger partial charge in [-0.25, -0.2) is 29.9 Å². The van der Waals surface area contributed by atoms with Crippen molar-refractivity contribution in [2.45, 2.75) is 0 Å². The van der Waals surface area contributed by atoms with Crippen molar-refractivity contribution in [2.75, 3.05) is 0 Å². The van der Waals surface area contributed by atoms with Crippen molar-refractivity contribution in [3.05, 3.63) is 231 Å². The average Bonchev–Trinajstić information content (AvgIpc) is 3.58. The Kier molecular flexibility index (Phi) is 9.68. The molecule has 13 rings (SSSR count). The van der Waals surface area contributed by atoms with Gasteiger partial charge in [0.25, 0.3) is 0 Å². The van der Waals surface area contributed by atoms with Gasteiger partial charge in [0, 0.05) is 55.3 Å². The fourth-order valence-corrected chi connectivity index (χ4v) is 9.44. The molecule has 13 aromatic rings. The average molecular weight is 883 g/mol. The van der Waals surface area contributed by atoms with E-state index in [1.165, 1.54) is 0 Å². The van der Waals surface area contributed by atoms with Crippen molar-refractivity contribution in [3.63, 3.8) is 0 Å². The summed E-state index contributed by atoms with van der Waals surface area (Å²) in [7, 11) is 0. The lowest BCUT2D eigenvalue weighted by atomic mass is 9.94. The van der Waals surface area contributed by atoms with Gasteiger partial charge in [0.1, 0.15) is 11.2 Å². The Morgan fingerprint density at radius 1 is 0.232 bits per heavy atom. The second-order valence-corrected chi connectivity index (χ2v) is 17.0. The first-order valence-electron chi connectivity index (χ1n) is 22.9. The van der Waals surface area contributed by atoms with Crippen LogP contribution in [-0.4, -0.2) is 29.9 Å². The van der Waals surface area contributed by atoms with Crippen molar-refractivity contribution in [2.24, 2.45) is 0 Å². The van der Waals surface area contributed by atoms with Crippen molar-refractivity contribution in [3.8, 4) is 90.6 Å². The Morgan fingerprint density at radius 2 is 0.522 bits per heavy atom. The molecule has 0 atom stereocenters. The Morgan fingerprint density at radius 3 is 0.870 bits per heavy atom. The van der Waals surface area contributed by atoms with Gasteiger partial charge in [0.15, 0.2) is 34.9 Å². The summed E-state index contributed by atoms with van der Waals surface area (Å²) in [5, 5.41) is 6.50. The van der Waals surface area contributed by atoms with Gasteiger partial charge in [-0.1, -0.05) is 206 Å². The molecular weight excluding hydrogens is 845 g/mol. The molecule has 7 heteroatoms. The van der Waals surface area contributed by atoms with Crippen LogP contribution in [0.15, 0.2) is 235 Å². The molecule has 0 aliphatic heterocycles. The van der Waals surface area contributed by atoms with Gasteiger partial charge < -0.3 is 4.42 Å². The van der Waals surface area contributed by atoms with E-state index in [0.717, 1.165) is 99.1 Å². The van der Waals surface area contributed by atoms with Crippen LogP contribution in [-0.2, 0) is 0 Å². The molecule has 0 amide bonds. The second-order valence-electron chi connectivity index (χ2n) is 17.0. The van der Waals surface area contributed by atoms with Crippen LogP contribution in [0.25, 0.3) is 134 Å². The lowest BCUT2D eigenvalue weighted by Gasteiger charge is -2.12. The first kappa shape index (κ1) is 39.9. The number of aromatic nitrogens is 6. The van der Waals surface area contributed by atoms with Gasteiger partial charge in [-0.05, 0) is 56.9 Å². The van der Waals surface area contributed by atoms with Crippen LogP contribution in [0.5, 0.6) is 0 Å². The van der Waals surface area contributed by atoms with Crippen LogP contribution >= 0.6 is 0 Å². The highest BCUT2D eigenvalue weighted by Gasteiger charge is 2.20. The minimum atomic E-state index is 0.585. The molecule has 10 aromatic carbocycles. The third-order valence-corrected chi connectivity index (χ3v) is 12.8. The Labute approximate surface area is 397 Å². The molecule has 0 unspecified atom stereocenters. The van der Waals surface area contributed by atoms with Gasteiger partial charge in [-0.15, -0.1) is 0 Å². The maximum Gasteiger partial charge on any atom is 0.164 e. The third kappa shape index (κ3) is 7.26. The molecule has 0 radical (unpaired) electrons. The van der Waals surface area contributed by atoms with E-state index in [1.54, 1.807) is 0 Å². The maximum absolute atomic E-state index is 7.53. The Bertz CT molecular complexity index is 3680. The van der Waals surface area contributed by atoms with Gasteiger partial charge in [0.05, 0.1) is 0 Å². The summed E-state index contributed by atoms with van der Waals surface area (Å²) in [6, 6.07) is 78.9. The number of hydrogen-bond donors (Lipinski definition) is 0. The van der Waals surface area contributed by atoms with E-state index in [-0.39, 0.29) is 0 Å². The molecule has 0 saturated carbocycles. The summed E-state index contributed by atoms with van der Waals surface area (Å²) in [6.07, 6.45) is 0. The van der Waals surface area contributed by atoms with Crippen molar-refractivity contribution in [1.82, 2.24) is 29.9 Å². The first-order valence-corrected chi connectivity index (χ1v) is 22.9. The van der Waals surface area contributed by atoms with E-state index in [4.69, 9.17) is 34.3 Å². The van der Waals surface area contributed by atoms with Gasteiger partial charge >= 0.3 is 0 Å². The number of fused-ring (bicyclic) bond motifs is 1. The van der Waals surface area contributed by atoms with Crippen molar-refractivity contribution in [1.29, 1.82) is 0 Å². The summed E-state index contributed by atoms with van der Waals surface area (Å²) in [4.78, 5) is 30.2. The van der Waals surface area contributed by atoms with Crippen LogP contribution in [0.1, 0.15) is 0 Å². The predicted molar refractivity (Wildman–Crippen MR) is 279 cm³/mol. The minimum Gasteiger partial charge on any atom is -0.455 e. The highest BCUT2D eigenvalue weighted by molar-refractivity contribution is 6.26. The van der Waals surface area contributed by atoms with Crippen LogP contribution in [0.4, 0.5) is 0 Å². The quantitative estimate of drug-likeness (QED) is 0.150. The lowest BCUT2D eigenvalue weighted by Crippen LogP contribution is -2.00. The van der Waals surface area contributed by atoms with Crippen molar-refractivity contribution >= 4 is 43.5 Å². The van der Waals surface area contributed by atoms with E-state index in [2.05, 4.69) is 109 Å². The van der Waals surface area contributed by atoms with E-state index in [9.17, 15) is 0 Å². The number of hydrogen-bond acceptors (Lipinski definition) is 7. The summed E-state index contributed by atoms with van der Waals surface area (Å²) < 4.78 is 7.53. The zero-order valence-corrected chi connectivity index (χ0v) is 37.0. The lowest BCUT2D eigenvalue weighted by molar-refractivity contribution is 0.666. The van der Waals surface area contributed by atoms with Gasteiger partial charge in [-0.2, -0.15) is 0 Å². The molecule has 0 saturated heterocycles. The molecule has 0 bridgehead atoms. The molecule has 0 spiro atoms. The first-order chi connectivity index (χ1) is 34.2. The van der Waals surface area contributed by atoms with Crippen LogP contribution in [0.3, 0.4) is 0 Å². The van der Waals surface area contributed by atoms with Gasteiger partial charge in [-0.3, -0.25) is 0 Å². The molecule has 322 valence electrons. The highest BCUT2D eigenvalue weighted by Crippen LogP contribution is 2.44. The summed E-state index contributed by atoms with van der Waals surface area (Å²) in [5.74, 6) is 3.62. The van der Waals surface area contributed by atoms with Crippen LogP contribution < -0.4 is 0 Å². The van der Waals surface area contributed by atoms with Crippen molar-refractivity contribution < 1.29 is 4.42 Å². The molecule has 7 nitrogen and oxygen atoms in total. The molecule has 0 fully saturated rings. The number of benzene rings is 10. The fraction of sp³-hybridized carbons (Fsp3) is 0. The topological polar surface area (TPSA) is 90.5 Å². The summed E-state index contributed by atoms with van der Waals surface area (Å²) in [6.45, 7) is 0. The smallest absolute Gasteiger partial charge is 0.164 e. The SMILES string of the molecule is c1ccc(-c2nc(-c3ccccc3)nc(-c3cccc(-c4ccc5cccc6c7cccc8ccc(-c9cccc(-c%10nc(-c%11ccccc%11)nc(-c%11ccccc%11)n%10)c9)c(oc4c56)c87)c3)n2)cc1. The Balaban J connectivity index is 1.01. The third-order valence-electron chi connectivity index (χ3n) is 12.8. The monoisotopic (exact) mass is 882 g/mol. The molecule has 3 aromatic heterocycles. The van der Waals surface area contributed by atoms with Crippen LogP contribution in [0, 0.1) is 0 Å². The minimum absolute atomic E-state index is 0.585. The standard InChI is InChI=1S/C62H38N6O/c1-5-17-41(18-6-1)57-63-58(42-19-7-2-8-20-42)66-61(65-57)47-29-13-27-45(37-47)49-35-33-39-25-15-31-51-52-32-16-26-40-34-36-50(56(54(40)52)69-55(49)53(39)51)46-28-14-30-48(38-46)62-67-59(43-21-9-3-10-22-43)64-60(68-62)44-23-11-4-12-24-44/h1-38H. The van der Waals surface area contributed by atoms with Crippen LogP contribution in [0.2, 0.25) is 0 Å². The number of rotatable bonds is 8. The molecule has 3 heterocycles. The molecule has 0 aliphatic carbocycles. The Hall–Kier alpha value is -9.46. The highest BCUT2D eigenvalue weighted by atomic mass is 16.3. The summed E-state index contributed by atoms with van der Waals surface area (Å²) in [5.41, 5.74) is 10.8. The van der Waals surface area contributed by atoms with Gasteiger partial charge in [0.2, 0.25) is 0 Å². The molecule has 0 N–H and O–H groups in total.